The highest BCUT2D eigenvalue weighted by molar-refractivity contribution is 6.34. The molecule has 0 bridgehead atoms. The van der Waals surface area contributed by atoms with Crippen LogP contribution in [0, 0.1) is 6.92 Å². The second kappa shape index (κ2) is 2.43. The van der Waals surface area contributed by atoms with Crippen LogP contribution in [0.2, 0.25) is 0 Å². The zero-order chi connectivity index (χ0) is 6.85. The summed E-state index contributed by atoms with van der Waals surface area (Å²) in [7, 11) is 0. The number of benzene rings is 1. The molecule has 46 valence electrons. The normalized spacial score (nSPS) is 9.44. The fourth-order valence-corrected chi connectivity index (χ4v) is 1.43. The molecule has 0 atom stereocenters. The average molecular weight is 136 g/mol. The lowest BCUT2D eigenvalue weighted by Gasteiger charge is -1.97. The van der Waals surface area contributed by atoms with Crippen LogP contribution in [0.5, 0.6) is 5.75 Å². The average Bonchev–Trinajstić information content (AvgIpc) is 1.80. The lowest BCUT2D eigenvalue weighted by molar-refractivity contribution is 0.479. The van der Waals surface area contributed by atoms with Gasteiger partial charge >= 0.3 is 0 Å². The highest BCUT2D eigenvalue weighted by Crippen LogP contribution is 2.03. The third-order valence-corrected chi connectivity index (χ3v) is 2.15. The Morgan fingerprint density at radius 3 is 2.56 bits per heavy atom. The van der Waals surface area contributed by atoms with Crippen LogP contribution >= 0.6 is 0 Å². The van der Waals surface area contributed by atoms with Crippen LogP contribution in [0.4, 0.5) is 0 Å². The van der Waals surface area contributed by atoms with Gasteiger partial charge in [-0.05, 0) is 13.0 Å². The zero-order valence-corrected chi connectivity index (χ0v) is 7.68. The van der Waals surface area contributed by atoms with Crippen LogP contribution in [0.15, 0.2) is 18.2 Å². The van der Waals surface area contributed by atoms with E-state index >= 15 is 0 Å². The van der Waals surface area contributed by atoms with E-state index < -0.39 is 0 Å². The number of phenolic OH excluding ortho intramolecular Hbond substituents is 1. The SMILES string of the molecule is Cc1ccc(O)[c]([AlH2])c1. The van der Waals surface area contributed by atoms with Crippen molar-refractivity contribution in [3.05, 3.63) is 23.8 Å². The Balaban J connectivity index is 3.17. The molecule has 1 aromatic rings. The molecule has 9 heavy (non-hydrogen) atoms. The quantitative estimate of drug-likeness (QED) is 0.496. The second-order valence-corrected chi connectivity index (χ2v) is 3.37. The molecule has 0 aromatic heterocycles. The van der Waals surface area contributed by atoms with Gasteiger partial charge in [0.25, 0.3) is 16.3 Å². The van der Waals surface area contributed by atoms with Crippen molar-refractivity contribution in [2.45, 2.75) is 6.92 Å². The minimum atomic E-state index is 0.437. The van der Waals surface area contributed by atoms with E-state index in [1.54, 1.807) is 6.07 Å². The molecular weight excluding hydrogens is 127 g/mol. The van der Waals surface area contributed by atoms with E-state index in [2.05, 4.69) is 0 Å². The Labute approximate surface area is 62.8 Å². The van der Waals surface area contributed by atoms with Gasteiger partial charge in [-0.2, -0.15) is 0 Å². The number of rotatable bonds is 0. The standard InChI is InChI=1S/C7H7O.Al.2H/c1-6-2-4-7(8)5-3-6;;;/h2-4,8H,1H3;;;. The molecule has 2 heteroatoms. The summed E-state index contributed by atoms with van der Waals surface area (Å²) in [6, 6.07) is 5.68. The van der Waals surface area contributed by atoms with E-state index in [4.69, 9.17) is 5.11 Å². The first-order chi connectivity index (χ1) is 4.20. The van der Waals surface area contributed by atoms with Gasteiger partial charge in [-0.3, -0.25) is 0 Å². The third-order valence-electron chi connectivity index (χ3n) is 1.35. The van der Waals surface area contributed by atoms with Crippen molar-refractivity contribution in [2.24, 2.45) is 0 Å². The Morgan fingerprint density at radius 1 is 1.44 bits per heavy atom. The second-order valence-electron chi connectivity index (χ2n) is 2.29. The first-order valence-corrected chi connectivity index (χ1v) is 3.96. The fraction of sp³-hybridized carbons (Fsp3) is 0.143. The van der Waals surface area contributed by atoms with Gasteiger partial charge in [-0.25, -0.2) is 0 Å². The zero-order valence-electron chi connectivity index (χ0n) is 5.68. The Kier molecular flexibility index (Phi) is 1.80. The van der Waals surface area contributed by atoms with Crippen molar-refractivity contribution in [1.82, 2.24) is 0 Å². The van der Waals surface area contributed by atoms with E-state index in [1.807, 2.05) is 19.1 Å². The molecule has 0 aliphatic rings. The highest BCUT2D eigenvalue weighted by atomic mass is 27.0. The molecule has 0 unspecified atom stereocenters. The summed E-state index contributed by atoms with van der Waals surface area (Å²) in [6.45, 7) is 2.03. The van der Waals surface area contributed by atoms with Crippen LogP contribution < -0.4 is 4.43 Å². The molecule has 0 heterocycles. The van der Waals surface area contributed by atoms with Crippen molar-refractivity contribution in [2.75, 3.05) is 0 Å². The van der Waals surface area contributed by atoms with E-state index in [0.717, 1.165) is 20.7 Å². The van der Waals surface area contributed by atoms with Crippen LogP contribution in [0.1, 0.15) is 5.56 Å². The summed E-state index contributed by atoms with van der Waals surface area (Å²) in [5.41, 5.74) is 1.22. The molecule has 1 rings (SSSR count). The summed E-state index contributed by atoms with van der Waals surface area (Å²) in [5, 5.41) is 9.08. The van der Waals surface area contributed by atoms with Crippen LogP contribution in [0.3, 0.4) is 0 Å². The van der Waals surface area contributed by atoms with Gasteiger partial charge in [-0.15, -0.1) is 0 Å². The van der Waals surface area contributed by atoms with Gasteiger partial charge < -0.3 is 5.11 Å². The monoisotopic (exact) mass is 136 g/mol. The number of hydrogen-bond acceptors (Lipinski definition) is 1. The maximum atomic E-state index is 9.08. The van der Waals surface area contributed by atoms with Gasteiger partial charge in [0.15, 0.2) is 0 Å². The third kappa shape index (κ3) is 1.48. The van der Waals surface area contributed by atoms with Gasteiger partial charge in [0.05, 0.1) is 0 Å². The fourth-order valence-electron chi connectivity index (χ4n) is 0.805. The molecule has 0 radical (unpaired) electrons. The summed E-state index contributed by atoms with van der Waals surface area (Å²) < 4.78 is 1.08. The first-order valence-electron chi connectivity index (χ1n) is 2.96. The van der Waals surface area contributed by atoms with Crippen LogP contribution in [-0.2, 0) is 0 Å². The number of phenols is 1. The smallest absolute Gasteiger partial charge is 0.264 e. The van der Waals surface area contributed by atoms with Gasteiger partial charge in [-0.1, -0.05) is 22.1 Å². The minimum Gasteiger partial charge on any atom is -0.509 e. The van der Waals surface area contributed by atoms with Crippen molar-refractivity contribution in [3.63, 3.8) is 0 Å². The molecular formula is C7H9AlO. The molecule has 0 spiro atoms. The molecule has 0 aliphatic heterocycles. The first kappa shape index (κ1) is 6.67. The molecule has 0 saturated carbocycles. The highest BCUT2D eigenvalue weighted by Gasteiger charge is 1.91. The molecule has 1 aromatic carbocycles. The van der Waals surface area contributed by atoms with E-state index in [1.165, 1.54) is 5.56 Å². The number of aromatic hydroxyl groups is 1. The lowest BCUT2D eigenvalue weighted by atomic mass is 10.2. The maximum Gasteiger partial charge on any atom is 0.264 e. The summed E-state index contributed by atoms with van der Waals surface area (Å²) in [6.07, 6.45) is 0. The number of aryl methyl sites for hydroxylation is 1. The molecule has 0 fully saturated rings. The van der Waals surface area contributed by atoms with Crippen LogP contribution in [-0.4, -0.2) is 21.4 Å². The van der Waals surface area contributed by atoms with Crippen molar-refractivity contribution < 1.29 is 5.11 Å². The van der Waals surface area contributed by atoms with Crippen LogP contribution in [0.25, 0.3) is 0 Å². The minimum absolute atomic E-state index is 0.437. The largest absolute Gasteiger partial charge is 0.509 e. The van der Waals surface area contributed by atoms with Gasteiger partial charge in [0.1, 0.15) is 5.75 Å². The maximum absolute atomic E-state index is 9.08. The van der Waals surface area contributed by atoms with Crippen molar-refractivity contribution in [1.29, 1.82) is 0 Å². The summed E-state index contributed by atoms with van der Waals surface area (Å²) >= 11 is 0.925. The molecule has 1 N–H and O–H groups in total. The molecule has 0 aliphatic carbocycles. The predicted octanol–water partition coefficient (Wildman–Crippen LogP) is -0.0410. The Morgan fingerprint density at radius 2 is 2.11 bits per heavy atom. The van der Waals surface area contributed by atoms with E-state index in [-0.39, 0.29) is 0 Å². The lowest BCUT2D eigenvalue weighted by Crippen LogP contribution is -2.01. The Hall–Kier alpha value is -0.448. The number of hydrogen-bond donors (Lipinski definition) is 1. The predicted molar refractivity (Wildman–Crippen MR) is 41.0 cm³/mol. The van der Waals surface area contributed by atoms with Crippen molar-refractivity contribution >= 4 is 20.7 Å². The van der Waals surface area contributed by atoms with E-state index in [9.17, 15) is 0 Å². The summed E-state index contributed by atoms with van der Waals surface area (Å²) in [5.74, 6) is 0.437. The molecule has 1 nitrogen and oxygen atoms in total. The van der Waals surface area contributed by atoms with Crippen molar-refractivity contribution in [3.8, 4) is 5.75 Å². The molecule has 0 saturated heterocycles. The molecule has 0 amide bonds. The van der Waals surface area contributed by atoms with E-state index in [0.29, 0.717) is 5.75 Å². The summed E-state index contributed by atoms with van der Waals surface area (Å²) in [4.78, 5) is 0. The Bertz CT molecular complexity index is 220. The topological polar surface area (TPSA) is 20.2 Å². The van der Waals surface area contributed by atoms with Gasteiger partial charge in [0, 0.05) is 0 Å². The van der Waals surface area contributed by atoms with Gasteiger partial charge in [0.2, 0.25) is 0 Å².